The molecule has 0 amide bonds. The van der Waals surface area contributed by atoms with E-state index in [4.69, 9.17) is 0 Å². The molecule has 3 heteroatoms. The van der Waals surface area contributed by atoms with Gasteiger partial charge in [-0.3, -0.25) is 4.79 Å². The number of hydrogen-bond acceptors (Lipinski definition) is 1. The summed E-state index contributed by atoms with van der Waals surface area (Å²) in [7, 11) is 0. The summed E-state index contributed by atoms with van der Waals surface area (Å²) in [6.07, 6.45) is 0.0787. The van der Waals surface area contributed by atoms with E-state index in [9.17, 15) is 9.18 Å². The lowest BCUT2D eigenvalue weighted by Crippen LogP contribution is -2.05. The number of Topliss-reactive ketones (excluding diaryl/α,β-unsaturated/α-hetero) is 1. The predicted octanol–water partition coefficient (Wildman–Crippen LogP) is 4.01. The van der Waals surface area contributed by atoms with Crippen LogP contribution < -0.4 is 0 Å². The lowest BCUT2D eigenvalue weighted by molar-refractivity contribution is 0.0992. The van der Waals surface area contributed by atoms with E-state index < -0.39 is 0 Å². The summed E-state index contributed by atoms with van der Waals surface area (Å²) >= 11 is 3.26. The van der Waals surface area contributed by atoms with Gasteiger partial charge in [-0.05, 0) is 23.8 Å². The van der Waals surface area contributed by atoms with Gasteiger partial charge in [0.1, 0.15) is 5.82 Å². The van der Waals surface area contributed by atoms with Gasteiger partial charge in [0.25, 0.3) is 0 Å². The molecular weight excluding hydrogens is 283 g/mol. The van der Waals surface area contributed by atoms with Crippen LogP contribution in [0.5, 0.6) is 0 Å². The Bertz CT molecular complexity index is 537. The minimum absolute atomic E-state index is 0.0787. The average molecular weight is 293 g/mol. The Labute approximate surface area is 107 Å². The Balaban J connectivity index is 2.22. The molecule has 2 aromatic carbocycles. The van der Waals surface area contributed by atoms with Crippen LogP contribution >= 0.6 is 15.9 Å². The maximum atomic E-state index is 13.5. The summed E-state index contributed by atoms with van der Waals surface area (Å²) < 4.78 is 14.2. The third kappa shape index (κ3) is 3.01. The van der Waals surface area contributed by atoms with Crippen LogP contribution in [-0.2, 0) is 6.42 Å². The van der Waals surface area contributed by atoms with Crippen LogP contribution in [0.2, 0.25) is 0 Å². The largest absolute Gasteiger partial charge is 0.294 e. The smallest absolute Gasteiger partial charge is 0.167 e. The monoisotopic (exact) mass is 292 g/mol. The second-order valence-corrected chi connectivity index (χ2v) is 4.62. The van der Waals surface area contributed by atoms with Crippen molar-refractivity contribution in [3.63, 3.8) is 0 Å². The molecule has 0 atom stereocenters. The topological polar surface area (TPSA) is 17.1 Å². The third-order valence-electron chi connectivity index (χ3n) is 2.45. The molecule has 0 fully saturated rings. The number of benzene rings is 2. The van der Waals surface area contributed by atoms with E-state index in [1.165, 1.54) is 6.07 Å². The van der Waals surface area contributed by atoms with Crippen LogP contribution in [0, 0.1) is 5.82 Å². The molecule has 0 spiro atoms. The number of halogens is 2. The van der Waals surface area contributed by atoms with E-state index >= 15 is 0 Å². The zero-order valence-corrected chi connectivity index (χ0v) is 10.6. The zero-order chi connectivity index (χ0) is 12.3. The van der Waals surface area contributed by atoms with Crippen molar-refractivity contribution in [2.75, 3.05) is 0 Å². The molecule has 2 aromatic rings. The summed E-state index contributed by atoms with van der Waals surface area (Å²) in [5.74, 6) is -0.430. The van der Waals surface area contributed by atoms with E-state index in [0.29, 0.717) is 11.1 Å². The highest BCUT2D eigenvalue weighted by Gasteiger charge is 2.10. The number of carbonyl (C=O) groups is 1. The first-order valence-corrected chi connectivity index (χ1v) is 5.98. The molecule has 0 bridgehead atoms. The molecule has 17 heavy (non-hydrogen) atoms. The van der Waals surface area contributed by atoms with Crippen molar-refractivity contribution in [1.29, 1.82) is 0 Å². The molecule has 0 heterocycles. The lowest BCUT2D eigenvalue weighted by Gasteiger charge is -2.03. The number of hydrogen-bond donors (Lipinski definition) is 0. The lowest BCUT2D eigenvalue weighted by atomic mass is 10.0. The van der Waals surface area contributed by atoms with Crippen LogP contribution in [0.1, 0.15) is 15.9 Å². The van der Waals surface area contributed by atoms with Crippen molar-refractivity contribution >= 4 is 21.7 Å². The highest BCUT2D eigenvalue weighted by molar-refractivity contribution is 9.10. The molecule has 1 nitrogen and oxygen atoms in total. The van der Waals surface area contributed by atoms with Crippen LogP contribution in [0.25, 0.3) is 0 Å². The van der Waals surface area contributed by atoms with Gasteiger partial charge in [0.05, 0.1) is 0 Å². The van der Waals surface area contributed by atoms with Gasteiger partial charge in [-0.1, -0.05) is 46.3 Å². The van der Waals surface area contributed by atoms with Gasteiger partial charge >= 0.3 is 0 Å². The van der Waals surface area contributed by atoms with E-state index in [0.717, 1.165) is 4.47 Å². The van der Waals surface area contributed by atoms with Gasteiger partial charge in [-0.15, -0.1) is 0 Å². The summed E-state index contributed by atoms with van der Waals surface area (Å²) in [6.45, 7) is 0. The van der Waals surface area contributed by atoms with Gasteiger partial charge in [0, 0.05) is 16.5 Å². The minimum Gasteiger partial charge on any atom is -0.294 e. The Hall–Kier alpha value is -1.48. The SMILES string of the molecule is O=C(Cc1cc(Br)ccc1F)c1ccccc1. The summed E-state index contributed by atoms with van der Waals surface area (Å²) in [4.78, 5) is 11.9. The molecule has 0 unspecified atom stereocenters. The average Bonchev–Trinajstić information content (AvgIpc) is 2.35. The molecule has 0 aromatic heterocycles. The van der Waals surface area contributed by atoms with E-state index in [1.807, 2.05) is 6.07 Å². The Morgan fingerprint density at radius 3 is 2.53 bits per heavy atom. The minimum atomic E-state index is -0.350. The van der Waals surface area contributed by atoms with Gasteiger partial charge in [0.2, 0.25) is 0 Å². The van der Waals surface area contributed by atoms with Crippen LogP contribution in [0.15, 0.2) is 53.0 Å². The maximum absolute atomic E-state index is 13.5. The fourth-order valence-corrected chi connectivity index (χ4v) is 1.99. The van der Waals surface area contributed by atoms with Gasteiger partial charge < -0.3 is 0 Å². The predicted molar refractivity (Wildman–Crippen MR) is 68.6 cm³/mol. The molecule has 86 valence electrons. The normalized spacial score (nSPS) is 10.2. The van der Waals surface area contributed by atoms with Crippen LogP contribution in [-0.4, -0.2) is 5.78 Å². The van der Waals surface area contributed by atoms with Crippen LogP contribution in [0.4, 0.5) is 4.39 Å². The molecule has 0 aliphatic heterocycles. The Morgan fingerprint density at radius 2 is 1.82 bits per heavy atom. The van der Waals surface area contributed by atoms with E-state index in [-0.39, 0.29) is 18.0 Å². The first-order chi connectivity index (χ1) is 8.16. The Kier molecular flexibility index (Phi) is 3.69. The fraction of sp³-hybridized carbons (Fsp3) is 0.0714. The zero-order valence-electron chi connectivity index (χ0n) is 8.99. The quantitative estimate of drug-likeness (QED) is 0.781. The molecule has 0 saturated carbocycles. The first kappa shape index (κ1) is 12.0. The maximum Gasteiger partial charge on any atom is 0.167 e. The molecule has 0 aliphatic carbocycles. The van der Waals surface area contributed by atoms with Crippen molar-refractivity contribution in [3.05, 3.63) is 69.9 Å². The Morgan fingerprint density at radius 1 is 1.12 bits per heavy atom. The van der Waals surface area contributed by atoms with Crippen molar-refractivity contribution in [2.45, 2.75) is 6.42 Å². The highest BCUT2D eigenvalue weighted by Crippen LogP contribution is 2.17. The van der Waals surface area contributed by atoms with Gasteiger partial charge in [-0.25, -0.2) is 4.39 Å². The standard InChI is InChI=1S/C14H10BrFO/c15-12-6-7-13(16)11(8-12)9-14(17)10-4-2-1-3-5-10/h1-8H,9H2. The van der Waals surface area contributed by atoms with Gasteiger partial charge in [0.15, 0.2) is 5.78 Å². The van der Waals surface area contributed by atoms with Gasteiger partial charge in [-0.2, -0.15) is 0 Å². The fourth-order valence-electron chi connectivity index (χ4n) is 1.58. The van der Waals surface area contributed by atoms with Crippen molar-refractivity contribution in [2.24, 2.45) is 0 Å². The van der Waals surface area contributed by atoms with Crippen molar-refractivity contribution in [3.8, 4) is 0 Å². The second-order valence-electron chi connectivity index (χ2n) is 3.70. The highest BCUT2D eigenvalue weighted by atomic mass is 79.9. The number of ketones is 1. The molecule has 0 aliphatic rings. The molecule has 0 radical (unpaired) electrons. The molecule has 0 saturated heterocycles. The molecular formula is C14H10BrFO. The van der Waals surface area contributed by atoms with Crippen molar-refractivity contribution in [1.82, 2.24) is 0 Å². The van der Waals surface area contributed by atoms with Crippen LogP contribution in [0.3, 0.4) is 0 Å². The molecule has 0 N–H and O–H groups in total. The first-order valence-electron chi connectivity index (χ1n) is 5.19. The van der Waals surface area contributed by atoms with E-state index in [2.05, 4.69) is 15.9 Å². The summed E-state index contributed by atoms with van der Waals surface area (Å²) in [6, 6.07) is 13.5. The summed E-state index contributed by atoms with van der Waals surface area (Å²) in [5.41, 5.74) is 1.01. The second kappa shape index (κ2) is 5.23. The molecule has 2 rings (SSSR count). The third-order valence-corrected chi connectivity index (χ3v) is 2.95. The number of carbonyl (C=O) groups excluding carboxylic acids is 1. The summed E-state index contributed by atoms with van der Waals surface area (Å²) in [5, 5.41) is 0. The van der Waals surface area contributed by atoms with E-state index in [1.54, 1.807) is 36.4 Å². The number of rotatable bonds is 3. The van der Waals surface area contributed by atoms with Crippen molar-refractivity contribution < 1.29 is 9.18 Å².